The molecule has 1 aromatic carbocycles. The van der Waals surface area contributed by atoms with Crippen LogP contribution < -0.4 is 4.74 Å². The highest BCUT2D eigenvalue weighted by Crippen LogP contribution is 2.16. The van der Waals surface area contributed by atoms with Gasteiger partial charge >= 0.3 is 5.97 Å². The van der Waals surface area contributed by atoms with Crippen LogP contribution in [0.1, 0.15) is 17.3 Å². The third-order valence-corrected chi connectivity index (χ3v) is 3.53. The van der Waals surface area contributed by atoms with Gasteiger partial charge in [0.05, 0.1) is 0 Å². The van der Waals surface area contributed by atoms with Crippen molar-refractivity contribution in [2.45, 2.75) is 6.92 Å². The predicted molar refractivity (Wildman–Crippen MR) is 82.1 cm³/mol. The largest absolute Gasteiger partial charge is 0.427 e. The molecular formula is C16H20N2O5. The monoisotopic (exact) mass is 320 g/mol. The third kappa shape index (κ3) is 4.53. The maximum absolute atomic E-state index is 12.5. The fourth-order valence-corrected chi connectivity index (χ4v) is 2.41. The van der Waals surface area contributed by atoms with Crippen LogP contribution in [0.4, 0.5) is 0 Å². The third-order valence-electron chi connectivity index (χ3n) is 3.53. The molecule has 1 saturated heterocycles. The van der Waals surface area contributed by atoms with Gasteiger partial charge in [0.25, 0.3) is 5.91 Å². The molecule has 0 bridgehead atoms. The zero-order valence-electron chi connectivity index (χ0n) is 13.3. The van der Waals surface area contributed by atoms with E-state index in [2.05, 4.69) is 0 Å². The smallest absolute Gasteiger partial charge is 0.308 e. The summed E-state index contributed by atoms with van der Waals surface area (Å²) in [4.78, 5) is 38.6. The fraction of sp³-hybridized carbons (Fsp3) is 0.438. The zero-order valence-corrected chi connectivity index (χ0v) is 13.3. The number of benzene rings is 1. The lowest BCUT2D eigenvalue weighted by Crippen LogP contribution is -2.51. The van der Waals surface area contributed by atoms with Gasteiger partial charge in [0.1, 0.15) is 12.4 Å². The number of esters is 1. The molecule has 0 aliphatic carbocycles. The van der Waals surface area contributed by atoms with Crippen LogP contribution in [0.2, 0.25) is 0 Å². The Morgan fingerprint density at radius 1 is 1.09 bits per heavy atom. The number of piperazine rings is 1. The van der Waals surface area contributed by atoms with Gasteiger partial charge in [0, 0.05) is 45.8 Å². The summed E-state index contributed by atoms with van der Waals surface area (Å²) in [6.07, 6.45) is 0. The number of hydrogen-bond acceptors (Lipinski definition) is 5. The van der Waals surface area contributed by atoms with Gasteiger partial charge < -0.3 is 19.3 Å². The average Bonchev–Trinajstić information content (AvgIpc) is 2.54. The number of carbonyl (C=O) groups is 3. The summed E-state index contributed by atoms with van der Waals surface area (Å²) in [6.45, 7) is 3.26. The molecule has 2 rings (SSSR count). The Balaban J connectivity index is 1.97. The molecule has 23 heavy (non-hydrogen) atoms. The first-order chi connectivity index (χ1) is 11.0. The standard InChI is InChI=1S/C16H20N2O5/c1-12(19)23-14-5-3-4-13(10-14)16(21)18-8-6-17(7-9-18)15(20)11-22-2/h3-5,10H,6-9,11H2,1-2H3. The van der Waals surface area contributed by atoms with E-state index in [0.29, 0.717) is 37.5 Å². The van der Waals surface area contributed by atoms with Gasteiger partial charge in [0.15, 0.2) is 0 Å². The maximum atomic E-state index is 12.5. The van der Waals surface area contributed by atoms with E-state index in [1.165, 1.54) is 14.0 Å². The summed E-state index contributed by atoms with van der Waals surface area (Å²) in [5.41, 5.74) is 0.459. The van der Waals surface area contributed by atoms with E-state index in [1.54, 1.807) is 34.1 Å². The van der Waals surface area contributed by atoms with E-state index in [-0.39, 0.29) is 18.4 Å². The van der Waals surface area contributed by atoms with Crippen molar-refractivity contribution in [3.05, 3.63) is 29.8 Å². The highest BCUT2D eigenvalue weighted by molar-refractivity contribution is 5.95. The Kier molecular flexibility index (Phi) is 5.70. The summed E-state index contributed by atoms with van der Waals surface area (Å²) in [7, 11) is 1.48. The fourth-order valence-electron chi connectivity index (χ4n) is 2.41. The van der Waals surface area contributed by atoms with E-state index in [9.17, 15) is 14.4 Å². The summed E-state index contributed by atoms with van der Waals surface area (Å²) in [5, 5.41) is 0. The Bertz CT molecular complexity index is 594. The Labute approximate surface area is 134 Å². The molecule has 0 spiro atoms. The SMILES string of the molecule is COCC(=O)N1CCN(C(=O)c2cccc(OC(C)=O)c2)CC1. The summed E-state index contributed by atoms with van der Waals surface area (Å²) >= 11 is 0. The molecule has 1 heterocycles. The minimum absolute atomic E-state index is 0.0539. The van der Waals surface area contributed by atoms with Crippen LogP contribution in [0.3, 0.4) is 0 Å². The second-order valence-corrected chi connectivity index (χ2v) is 5.23. The minimum atomic E-state index is -0.431. The minimum Gasteiger partial charge on any atom is -0.427 e. The Hall–Kier alpha value is -2.41. The van der Waals surface area contributed by atoms with Crippen molar-refractivity contribution in [1.29, 1.82) is 0 Å². The number of carbonyl (C=O) groups excluding carboxylic acids is 3. The number of rotatable bonds is 4. The molecule has 0 saturated carbocycles. The first kappa shape index (κ1) is 17.0. The molecule has 0 aromatic heterocycles. The number of methoxy groups -OCH3 is 1. The van der Waals surface area contributed by atoms with Crippen LogP contribution in [0.15, 0.2) is 24.3 Å². The molecule has 124 valence electrons. The molecule has 1 aliphatic rings. The highest BCUT2D eigenvalue weighted by atomic mass is 16.5. The highest BCUT2D eigenvalue weighted by Gasteiger charge is 2.24. The lowest BCUT2D eigenvalue weighted by molar-refractivity contribution is -0.136. The van der Waals surface area contributed by atoms with Gasteiger partial charge in [0.2, 0.25) is 5.91 Å². The molecule has 7 nitrogen and oxygen atoms in total. The number of ether oxygens (including phenoxy) is 2. The van der Waals surface area contributed by atoms with Gasteiger partial charge in [-0.15, -0.1) is 0 Å². The predicted octanol–water partition coefficient (Wildman–Crippen LogP) is 0.543. The normalized spacial score (nSPS) is 14.5. The van der Waals surface area contributed by atoms with E-state index < -0.39 is 5.97 Å². The average molecular weight is 320 g/mol. The van der Waals surface area contributed by atoms with E-state index in [1.807, 2.05) is 0 Å². The molecule has 0 atom stereocenters. The van der Waals surface area contributed by atoms with Gasteiger partial charge in [-0.25, -0.2) is 0 Å². The molecule has 1 fully saturated rings. The summed E-state index contributed by atoms with van der Waals surface area (Å²) in [6, 6.07) is 6.52. The van der Waals surface area contributed by atoms with Gasteiger partial charge in [-0.1, -0.05) is 6.07 Å². The molecule has 1 aliphatic heterocycles. The van der Waals surface area contributed by atoms with Crippen LogP contribution in [-0.4, -0.2) is 67.5 Å². The van der Waals surface area contributed by atoms with Crippen LogP contribution in [0.5, 0.6) is 5.75 Å². The van der Waals surface area contributed by atoms with Crippen molar-refractivity contribution >= 4 is 17.8 Å². The van der Waals surface area contributed by atoms with Crippen molar-refractivity contribution in [3.63, 3.8) is 0 Å². The number of amides is 2. The van der Waals surface area contributed by atoms with Crippen molar-refractivity contribution in [2.75, 3.05) is 39.9 Å². The summed E-state index contributed by atoms with van der Waals surface area (Å²) < 4.78 is 9.82. The Morgan fingerprint density at radius 3 is 2.35 bits per heavy atom. The molecular weight excluding hydrogens is 300 g/mol. The van der Waals surface area contributed by atoms with Crippen molar-refractivity contribution in [2.24, 2.45) is 0 Å². The second-order valence-electron chi connectivity index (χ2n) is 5.23. The van der Waals surface area contributed by atoms with Gasteiger partial charge in [-0.2, -0.15) is 0 Å². The second kappa shape index (κ2) is 7.73. The van der Waals surface area contributed by atoms with E-state index >= 15 is 0 Å². The van der Waals surface area contributed by atoms with Crippen molar-refractivity contribution in [3.8, 4) is 5.75 Å². The summed E-state index contributed by atoms with van der Waals surface area (Å²) in [5.74, 6) is -0.300. The molecule has 0 unspecified atom stereocenters. The molecule has 2 amide bonds. The van der Waals surface area contributed by atoms with Gasteiger partial charge in [-0.3, -0.25) is 14.4 Å². The quantitative estimate of drug-likeness (QED) is 0.598. The molecule has 7 heteroatoms. The number of nitrogens with zero attached hydrogens (tertiary/aromatic N) is 2. The van der Waals surface area contributed by atoms with Crippen LogP contribution in [-0.2, 0) is 14.3 Å². The number of hydrogen-bond donors (Lipinski definition) is 0. The first-order valence-electron chi connectivity index (χ1n) is 7.35. The van der Waals surface area contributed by atoms with E-state index in [0.717, 1.165) is 0 Å². The topological polar surface area (TPSA) is 76.2 Å². The maximum Gasteiger partial charge on any atom is 0.308 e. The van der Waals surface area contributed by atoms with Crippen molar-refractivity contribution in [1.82, 2.24) is 9.80 Å². The lowest BCUT2D eigenvalue weighted by Gasteiger charge is -2.34. The zero-order chi connectivity index (χ0) is 16.8. The molecule has 0 N–H and O–H groups in total. The van der Waals surface area contributed by atoms with Crippen LogP contribution in [0, 0.1) is 0 Å². The first-order valence-corrected chi connectivity index (χ1v) is 7.35. The van der Waals surface area contributed by atoms with Crippen LogP contribution >= 0.6 is 0 Å². The van der Waals surface area contributed by atoms with Gasteiger partial charge in [-0.05, 0) is 18.2 Å². The lowest BCUT2D eigenvalue weighted by atomic mass is 10.1. The van der Waals surface area contributed by atoms with Crippen LogP contribution in [0.25, 0.3) is 0 Å². The molecule has 1 aromatic rings. The Morgan fingerprint density at radius 2 is 1.74 bits per heavy atom. The van der Waals surface area contributed by atoms with E-state index in [4.69, 9.17) is 9.47 Å². The van der Waals surface area contributed by atoms with Crippen molar-refractivity contribution < 1.29 is 23.9 Å². The molecule has 0 radical (unpaired) electrons.